The second kappa shape index (κ2) is 13.6. The van der Waals surface area contributed by atoms with Gasteiger partial charge in [-0.2, -0.15) is 5.26 Å². The molecule has 3 aromatic rings. The molecule has 2 heteroatoms. The van der Waals surface area contributed by atoms with Crippen LogP contribution >= 0.6 is 0 Å². The number of aryl methyl sites for hydroxylation is 3. The maximum Gasteiger partial charge on any atom is 0.134 e. The summed E-state index contributed by atoms with van der Waals surface area (Å²) >= 11 is 0. The van der Waals surface area contributed by atoms with Gasteiger partial charge in [0.25, 0.3) is 0 Å². The molecule has 0 amide bonds. The van der Waals surface area contributed by atoms with Gasteiger partial charge in [-0.1, -0.05) is 114 Å². The molecule has 0 N–H and O–H groups in total. The standard InChI is InChI=1S/C34H42FN/c1-2-3-4-5-6-7-26-8-10-27(11-9-26)12-15-29-19-23-33-32(24-29)22-21-31(34(33)35)20-18-28-13-16-30(25-36)17-14-28/h13-14,16-17,19,21-24,26-27H,2-12,15,18,20H2,1H3. The molecule has 1 aliphatic rings. The zero-order valence-corrected chi connectivity index (χ0v) is 22.1. The van der Waals surface area contributed by atoms with Gasteiger partial charge in [0.2, 0.25) is 0 Å². The molecule has 0 unspecified atom stereocenters. The van der Waals surface area contributed by atoms with Gasteiger partial charge in [-0.05, 0) is 71.7 Å². The Labute approximate surface area is 217 Å². The number of nitrogens with zero attached hydrogens (tertiary/aromatic N) is 1. The molecule has 3 aromatic carbocycles. The molecule has 1 nitrogen and oxygen atoms in total. The molecule has 1 saturated carbocycles. The molecule has 1 fully saturated rings. The van der Waals surface area contributed by atoms with Gasteiger partial charge in [-0.15, -0.1) is 0 Å². The smallest absolute Gasteiger partial charge is 0.134 e. The number of unbranched alkanes of at least 4 members (excludes halogenated alkanes) is 4. The highest BCUT2D eigenvalue weighted by molar-refractivity contribution is 5.84. The SMILES string of the molecule is CCCCCCCC1CCC(CCc2ccc3c(F)c(CCc4ccc(C#N)cc4)ccc3c2)CC1. The third-order valence-corrected chi connectivity index (χ3v) is 8.39. The molecule has 190 valence electrons. The van der Waals surface area contributed by atoms with Gasteiger partial charge < -0.3 is 0 Å². The van der Waals surface area contributed by atoms with E-state index < -0.39 is 0 Å². The monoisotopic (exact) mass is 483 g/mol. The van der Waals surface area contributed by atoms with Crippen LogP contribution in [-0.2, 0) is 19.3 Å². The van der Waals surface area contributed by atoms with E-state index in [0.29, 0.717) is 12.0 Å². The molecule has 0 saturated heterocycles. The summed E-state index contributed by atoms with van der Waals surface area (Å²) in [5.74, 6) is 1.75. The van der Waals surface area contributed by atoms with E-state index in [0.717, 1.165) is 46.6 Å². The Morgan fingerprint density at radius 1 is 0.750 bits per heavy atom. The fraction of sp³-hybridized carbons (Fsp3) is 0.500. The largest absolute Gasteiger partial charge is 0.206 e. The lowest BCUT2D eigenvalue weighted by Crippen LogP contribution is -2.15. The average molecular weight is 484 g/mol. The predicted octanol–water partition coefficient (Wildman–Crippen LogP) is 9.74. The van der Waals surface area contributed by atoms with Crippen LogP contribution in [0.4, 0.5) is 4.39 Å². The Bertz CT molecular complexity index is 1130. The molecule has 0 bridgehead atoms. The van der Waals surface area contributed by atoms with Gasteiger partial charge in [0.1, 0.15) is 5.82 Å². The zero-order chi connectivity index (χ0) is 25.2. The van der Waals surface area contributed by atoms with E-state index in [1.54, 1.807) is 0 Å². The summed E-state index contributed by atoms with van der Waals surface area (Å²) in [5.41, 5.74) is 3.89. The number of fused-ring (bicyclic) bond motifs is 1. The summed E-state index contributed by atoms with van der Waals surface area (Å²) in [6.07, 6.45) is 17.9. The van der Waals surface area contributed by atoms with Crippen molar-refractivity contribution in [2.75, 3.05) is 0 Å². The number of hydrogen-bond acceptors (Lipinski definition) is 1. The normalized spacial score (nSPS) is 17.8. The van der Waals surface area contributed by atoms with Crippen LogP contribution in [0, 0.1) is 29.0 Å². The molecule has 4 rings (SSSR count). The molecule has 0 aromatic heterocycles. The minimum atomic E-state index is -0.0827. The van der Waals surface area contributed by atoms with Gasteiger partial charge in [0.15, 0.2) is 0 Å². The highest BCUT2D eigenvalue weighted by Crippen LogP contribution is 2.34. The van der Waals surface area contributed by atoms with Crippen molar-refractivity contribution in [3.63, 3.8) is 0 Å². The molecule has 0 atom stereocenters. The van der Waals surface area contributed by atoms with Gasteiger partial charge in [-0.25, -0.2) is 4.39 Å². The fourth-order valence-corrected chi connectivity index (χ4v) is 5.98. The van der Waals surface area contributed by atoms with E-state index in [-0.39, 0.29) is 5.82 Å². The van der Waals surface area contributed by atoms with E-state index in [1.807, 2.05) is 36.4 Å². The summed E-state index contributed by atoms with van der Waals surface area (Å²) in [6, 6.07) is 20.1. The maximum absolute atomic E-state index is 15.2. The van der Waals surface area contributed by atoms with Gasteiger partial charge in [-0.3, -0.25) is 0 Å². The average Bonchev–Trinajstić information content (AvgIpc) is 2.92. The molecule has 0 aliphatic heterocycles. The van der Waals surface area contributed by atoms with Crippen LogP contribution < -0.4 is 0 Å². The van der Waals surface area contributed by atoms with E-state index in [4.69, 9.17) is 5.26 Å². The van der Waals surface area contributed by atoms with Crippen molar-refractivity contribution in [3.8, 4) is 6.07 Å². The second-order valence-corrected chi connectivity index (χ2v) is 11.0. The van der Waals surface area contributed by atoms with Crippen molar-refractivity contribution in [2.24, 2.45) is 11.8 Å². The van der Waals surface area contributed by atoms with E-state index in [2.05, 4.69) is 31.2 Å². The summed E-state index contributed by atoms with van der Waals surface area (Å²) in [6.45, 7) is 2.29. The summed E-state index contributed by atoms with van der Waals surface area (Å²) in [4.78, 5) is 0. The fourth-order valence-electron chi connectivity index (χ4n) is 5.98. The highest BCUT2D eigenvalue weighted by Gasteiger charge is 2.20. The topological polar surface area (TPSA) is 23.8 Å². The first-order valence-corrected chi connectivity index (χ1v) is 14.3. The predicted molar refractivity (Wildman–Crippen MR) is 150 cm³/mol. The van der Waals surface area contributed by atoms with Crippen molar-refractivity contribution < 1.29 is 4.39 Å². The van der Waals surface area contributed by atoms with Crippen LogP contribution in [0.3, 0.4) is 0 Å². The van der Waals surface area contributed by atoms with Crippen LogP contribution in [0.1, 0.15) is 99.8 Å². The lowest BCUT2D eigenvalue weighted by molar-refractivity contribution is 0.249. The third-order valence-electron chi connectivity index (χ3n) is 8.39. The van der Waals surface area contributed by atoms with Crippen LogP contribution in [0.5, 0.6) is 0 Å². The van der Waals surface area contributed by atoms with Crippen LogP contribution in [-0.4, -0.2) is 0 Å². The first kappa shape index (κ1) is 26.4. The summed E-state index contributed by atoms with van der Waals surface area (Å²) < 4.78 is 15.2. The third kappa shape index (κ3) is 7.42. The molecular weight excluding hydrogens is 441 g/mol. The second-order valence-electron chi connectivity index (χ2n) is 11.0. The van der Waals surface area contributed by atoms with Gasteiger partial charge in [0.05, 0.1) is 11.6 Å². The minimum Gasteiger partial charge on any atom is -0.206 e. The molecule has 0 heterocycles. The highest BCUT2D eigenvalue weighted by atomic mass is 19.1. The molecule has 36 heavy (non-hydrogen) atoms. The summed E-state index contributed by atoms with van der Waals surface area (Å²) in [7, 11) is 0. The number of halogens is 1. The number of hydrogen-bond donors (Lipinski definition) is 0. The molecule has 1 aliphatic carbocycles. The van der Waals surface area contributed by atoms with Gasteiger partial charge in [0, 0.05) is 5.39 Å². The van der Waals surface area contributed by atoms with Crippen LogP contribution in [0.15, 0.2) is 54.6 Å². The first-order valence-electron chi connectivity index (χ1n) is 14.3. The minimum absolute atomic E-state index is 0.0827. The molecular formula is C34H42FN. The zero-order valence-electron chi connectivity index (χ0n) is 22.1. The number of rotatable bonds is 12. The van der Waals surface area contributed by atoms with Crippen LogP contribution in [0.25, 0.3) is 10.8 Å². The van der Waals surface area contributed by atoms with Crippen molar-refractivity contribution in [3.05, 3.63) is 82.7 Å². The van der Waals surface area contributed by atoms with E-state index in [1.165, 1.54) is 76.2 Å². The summed E-state index contributed by atoms with van der Waals surface area (Å²) in [5, 5.41) is 10.7. The Hall–Kier alpha value is -2.66. The van der Waals surface area contributed by atoms with Crippen molar-refractivity contribution in [1.82, 2.24) is 0 Å². The Morgan fingerprint density at radius 2 is 1.44 bits per heavy atom. The molecule has 0 radical (unpaired) electrons. The van der Waals surface area contributed by atoms with E-state index in [9.17, 15) is 0 Å². The number of nitriles is 1. The van der Waals surface area contributed by atoms with Crippen LogP contribution in [0.2, 0.25) is 0 Å². The lowest BCUT2D eigenvalue weighted by Gasteiger charge is -2.28. The quantitative estimate of drug-likeness (QED) is 0.235. The van der Waals surface area contributed by atoms with Gasteiger partial charge >= 0.3 is 0 Å². The lowest BCUT2D eigenvalue weighted by atomic mass is 9.77. The maximum atomic E-state index is 15.2. The van der Waals surface area contributed by atoms with Crippen molar-refractivity contribution in [2.45, 2.75) is 96.8 Å². The first-order chi connectivity index (χ1) is 17.7. The molecule has 0 spiro atoms. The Morgan fingerprint density at radius 3 is 2.17 bits per heavy atom. The van der Waals surface area contributed by atoms with Crippen molar-refractivity contribution >= 4 is 10.8 Å². The Balaban J connectivity index is 1.25. The van der Waals surface area contributed by atoms with E-state index >= 15 is 4.39 Å². The number of benzene rings is 3. The van der Waals surface area contributed by atoms with Crippen molar-refractivity contribution in [1.29, 1.82) is 5.26 Å². The Kier molecular flexibility index (Phi) is 9.97.